The normalized spacial score (nSPS) is 27.4. The maximum atomic E-state index is 6.18. The van der Waals surface area contributed by atoms with Gasteiger partial charge in [0.05, 0.1) is 19.8 Å². The van der Waals surface area contributed by atoms with Gasteiger partial charge >= 0.3 is 0 Å². The highest BCUT2D eigenvalue weighted by molar-refractivity contribution is 4.87. The van der Waals surface area contributed by atoms with E-state index in [2.05, 4.69) is 11.8 Å². The van der Waals surface area contributed by atoms with E-state index in [1.165, 1.54) is 0 Å². The van der Waals surface area contributed by atoms with E-state index in [1.807, 2.05) is 0 Å². The van der Waals surface area contributed by atoms with Crippen molar-refractivity contribution in [3.05, 3.63) is 0 Å². The average Bonchev–Trinajstić information content (AvgIpc) is 2.32. The van der Waals surface area contributed by atoms with Crippen LogP contribution in [0.1, 0.15) is 13.3 Å². The number of hydrogen-bond donors (Lipinski definition) is 1. The number of methoxy groups -OCH3 is 2. The molecule has 3 unspecified atom stereocenters. The van der Waals surface area contributed by atoms with E-state index >= 15 is 0 Å². The molecule has 0 saturated carbocycles. The third-order valence-electron chi connectivity index (χ3n) is 3.33. The summed E-state index contributed by atoms with van der Waals surface area (Å²) < 4.78 is 15.9. The van der Waals surface area contributed by atoms with Crippen LogP contribution in [0, 0.1) is 0 Å². The molecule has 5 nitrogen and oxygen atoms in total. The summed E-state index contributed by atoms with van der Waals surface area (Å²) in [5, 5.41) is 0. The Labute approximate surface area is 104 Å². The Morgan fingerprint density at radius 2 is 2.18 bits per heavy atom. The molecule has 1 heterocycles. The molecule has 102 valence electrons. The molecule has 0 spiro atoms. The Kier molecular flexibility index (Phi) is 6.99. The third-order valence-corrected chi connectivity index (χ3v) is 3.33. The van der Waals surface area contributed by atoms with E-state index in [-0.39, 0.29) is 12.1 Å². The number of rotatable bonds is 7. The van der Waals surface area contributed by atoms with Crippen molar-refractivity contribution in [1.29, 1.82) is 0 Å². The second-order valence-electron chi connectivity index (χ2n) is 4.63. The van der Waals surface area contributed by atoms with Crippen LogP contribution in [-0.2, 0) is 14.2 Å². The fourth-order valence-corrected chi connectivity index (χ4v) is 2.33. The molecule has 1 fully saturated rings. The van der Waals surface area contributed by atoms with Crippen LogP contribution in [0.4, 0.5) is 0 Å². The molecule has 0 aliphatic carbocycles. The van der Waals surface area contributed by atoms with E-state index < -0.39 is 0 Å². The first-order valence-corrected chi connectivity index (χ1v) is 6.27. The monoisotopic (exact) mass is 246 g/mol. The molecule has 5 heteroatoms. The van der Waals surface area contributed by atoms with Crippen molar-refractivity contribution in [2.24, 2.45) is 5.73 Å². The molecule has 0 bridgehead atoms. The molecular formula is C12H26N2O3. The molecular weight excluding hydrogens is 220 g/mol. The van der Waals surface area contributed by atoms with Crippen molar-refractivity contribution in [1.82, 2.24) is 4.90 Å². The second kappa shape index (κ2) is 8.00. The molecule has 1 aliphatic heterocycles. The molecule has 3 atom stereocenters. The van der Waals surface area contributed by atoms with Gasteiger partial charge in [-0.25, -0.2) is 0 Å². The van der Waals surface area contributed by atoms with E-state index in [4.69, 9.17) is 19.9 Å². The van der Waals surface area contributed by atoms with E-state index in [9.17, 15) is 0 Å². The smallest absolute Gasteiger partial charge is 0.0637 e. The highest BCUT2D eigenvalue weighted by atomic mass is 16.5. The van der Waals surface area contributed by atoms with Crippen molar-refractivity contribution < 1.29 is 14.2 Å². The van der Waals surface area contributed by atoms with Gasteiger partial charge in [0.1, 0.15) is 0 Å². The van der Waals surface area contributed by atoms with Gasteiger partial charge in [0.15, 0.2) is 0 Å². The second-order valence-corrected chi connectivity index (χ2v) is 4.63. The number of nitrogens with zero attached hydrogens (tertiary/aromatic N) is 1. The lowest BCUT2D eigenvalue weighted by atomic mass is 10.0. The predicted molar refractivity (Wildman–Crippen MR) is 67.1 cm³/mol. The lowest BCUT2D eigenvalue weighted by molar-refractivity contribution is -0.0301. The van der Waals surface area contributed by atoms with Crippen molar-refractivity contribution in [2.75, 3.05) is 47.2 Å². The lowest BCUT2D eigenvalue weighted by Crippen LogP contribution is -2.57. The summed E-state index contributed by atoms with van der Waals surface area (Å²) in [6, 6.07) is 0.775. The van der Waals surface area contributed by atoms with Gasteiger partial charge in [0, 0.05) is 45.5 Å². The zero-order valence-electron chi connectivity index (χ0n) is 11.2. The summed E-state index contributed by atoms with van der Waals surface area (Å²) in [6.07, 6.45) is 0.924. The van der Waals surface area contributed by atoms with Crippen LogP contribution in [0.2, 0.25) is 0 Å². The van der Waals surface area contributed by atoms with Gasteiger partial charge in [0.2, 0.25) is 0 Å². The summed E-state index contributed by atoms with van der Waals surface area (Å²) in [5.41, 5.74) is 6.18. The average molecular weight is 246 g/mol. The van der Waals surface area contributed by atoms with Crippen molar-refractivity contribution in [3.8, 4) is 0 Å². The molecule has 17 heavy (non-hydrogen) atoms. The molecule has 0 aromatic carbocycles. The summed E-state index contributed by atoms with van der Waals surface area (Å²) in [7, 11) is 3.44. The van der Waals surface area contributed by atoms with Crippen molar-refractivity contribution in [3.63, 3.8) is 0 Å². The number of nitrogens with two attached hydrogens (primary N) is 1. The van der Waals surface area contributed by atoms with Crippen LogP contribution in [-0.4, -0.2) is 70.2 Å². The van der Waals surface area contributed by atoms with E-state index in [0.29, 0.717) is 25.9 Å². The topological polar surface area (TPSA) is 57.0 Å². The van der Waals surface area contributed by atoms with Gasteiger partial charge in [0.25, 0.3) is 0 Å². The Morgan fingerprint density at radius 1 is 1.41 bits per heavy atom. The summed E-state index contributed by atoms with van der Waals surface area (Å²) in [6.45, 7) is 5.90. The Morgan fingerprint density at radius 3 is 2.76 bits per heavy atom. The zero-order chi connectivity index (χ0) is 12.7. The zero-order valence-corrected chi connectivity index (χ0v) is 11.2. The molecule has 0 radical (unpaired) electrons. The largest absolute Gasteiger partial charge is 0.383 e. The van der Waals surface area contributed by atoms with Crippen LogP contribution >= 0.6 is 0 Å². The molecule has 0 aromatic heterocycles. The van der Waals surface area contributed by atoms with Gasteiger partial charge in [-0.3, -0.25) is 4.90 Å². The maximum Gasteiger partial charge on any atom is 0.0637 e. The summed E-state index contributed by atoms with van der Waals surface area (Å²) in [5.74, 6) is 0. The SMILES string of the molecule is COCCN(C(C)COC)C1COCCC1N. The van der Waals surface area contributed by atoms with Crippen LogP contribution in [0.5, 0.6) is 0 Å². The van der Waals surface area contributed by atoms with Gasteiger partial charge in [-0.05, 0) is 13.3 Å². The van der Waals surface area contributed by atoms with Gasteiger partial charge in [-0.2, -0.15) is 0 Å². The van der Waals surface area contributed by atoms with E-state index in [0.717, 1.165) is 19.6 Å². The molecule has 1 aliphatic rings. The van der Waals surface area contributed by atoms with Crippen LogP contribution in [0.25, 0.3) is 0 Å². The first-order valence-electron chi connectivity index (χ1n) is 6.27. The summed E-state index contributed by atoms with van der Waals surface area (Å²) >= 11 is 0. The Balaban J connectivity index is 2.58. The highest BCUT2D eigenvalue weighted by Crippen LogP contribution is 2.15. The van der Waals surface area contributed by atoms with E-state index in [1.54, 1.807) is 14.2 Å². The minimum absolute atomic E-state index is 0.180. The molecule has 1 rings (SSSR count). The molecule has 2 N–H and O–H groups in total. The van der Waals surface area contributed by atoms with Gasteiger partial charge in [-0.15, -0.1) is 0 Å². The Bertz CT molecular complexity index is 204. The van der Waals surface area contributed by atoms with Gasteiger partial charge in [-0.1, -0.05) is 0 Å². The first-order chi connectivity index (χ1) is 8.20. The standard InChI is InChI=1S/C12H26N2O3/c1-10(8-16-3)14(5-7-15-2)12-9-17-6-4-11(12)13/h10-12H,4-9,13H2,1-3H3. The van der Waals surface area contributed by atoms with Crippen molar-refractivity contribution >= 4 is 0 Å². The predicted octanol–water partition coefficient (Wildman–Crippen LogP) is 0.0859. The molecule has 0 aromatic rings. The number of ether oxygens (including phenoxy) is 3. The third kappa shape index (κ3) is 4.52. The van der Waals surface area contributed by atoms with Crippen LogP contribution in [0.15, 0.2) is 0 Å². The Hall–Kier alpha value is -0.200. The van der Waals surface area contributed by atoms with Gasteiger partial charge < -0.3 is 19.9 Å². The van der Waals surface area contributed by atoms with Crippen LogP contribution in [0.3, 0.4) is 0 Å². The minimum Gasteiger partial charge on any atom is -0.383 e. The van der Waals surface area contributed by atoms with Crippen LogP contribution < -0.4 is 5.73 Å². The molecule has 0 amide bonds. The number of hydrogen-bond acceptors (Lipinski definition) is 5. The van der Waals surface area contributed by atoms with Crippen molar-refractivity contribution in [2.45, 2.75) is 31.5 Å². The highest BCUT2D eigenvalue weighted by Gasteiger charge is 2.30. The fraction of sp³-hybridized carbons (Fsp3) is 1.00. The first kappa shape index (κ1) is 14.9. The molecule has 1 saturated heterocycles. The summed E-state index contributed by atoms with van der Waals surface area (Å²) in [4.78, 5) is 2.34. The maximum absolute atomic E-state index is 6.18. The quantitative estimate of drug-likeness (QED) is 0.690. The lowest BCUT2D eigenvalue weighted by Gasteiger charge is -2.41. The minimum atomic E-state index is 0.180. The fourth-order valence-electron chi connectivity index (χ4n) is 2.33.